The number of benzene rings is 1. The van der Waals surface area contributed by atoms with E-state index in [1.807, 2.05) is 58.9 Å². The molecule has 1 aromatic carbocycles. The molecule has 0 radical (unpaired) electrons. The van der Waals surface area contributed by atoms with Gasteiger partial charge in [-0.1, -0.05) is 26.0 Å². The number of Topliss-reactive ketones (excluding diaryl/α,β-unsaturated/α-hetero) is 1. The number of dihydropyridines is 1. The molecule has 1 aliphatic carbocycles. The first-order valence-corrected chi connectivity index (χ1v) is 11.5. The maximum Gasteiger partial charge on any atom is 0.337 e. The standard InChI is InChI=1S/C26H33NO6/c1-7-15(4)33-26(30)21-16(5)27-19-13-14(3)20(25(29)31-6)24(28)23(19)22(21)17-9-11-18(12-10-17)32-8-2/h9-12,14-15,20,22,27H,7-8,13H2,1-6H3/t14-,15+,20+,22+/m0/s1. The number of hydrogen-bond acceptors (Lipinski definition) is 7. The van der Waals surface area contributed by atoms with Gasteiger partial charge < -0.3 is 19.5 Å². The van der Waals surface area contributed by atoms with Gasteiger partial charge in [-0.3, -0.25) is 9.59 Å². The molecule has 0 bridgehead atoms. The van der Waals surface area contributed by atoms with Crippen LogP contribution in [0.3, 0.4) is 0 Å². The fraction of sp³-hybridized carbons (Fsp3) is 0.500. The molecule has 1 aromatic rings. The van der Waals surface area contributed by atoms with Crippen molar-refractivity contribution < 1.29 is 28.6 Å². The average molecular weight is 456 g/mol. The molecule has 0 amide bonds. The Labute approximate surface area is 195 Å². The van der Waals surface area contributed by atoms with E-state index in [0.29, 0.717) is 42.0 Å². The number of carbonyl (C=O) groups excluding carboxylic acids is 3. The van der Waals surface area contributed by atoms with E-state index in [4.69, 9.17) is 14.2 Å². The third kappa shape index (κ3) is 4.82. The molecular weight excluding hydrogens is 422 g/mol. The van der Waals surface area contributed by atoms with Gasteiger partial charge >= 0.3 is 11.9 Å². The van der Waals surface area contributed by atoms with E-state index in [9.17, 15) is 14.4 Å². The van der Waals surface area contributed by atoms with Crippen LogP contribution in [0.2, 0.25) is 0 Å². The number of ketones is 1. The number of nitrogens with one attached hydrogen (secondary N) is 1. The molecule has 0 saturated carbocycles. The molecule has 1 N–H and O–H groups in total. The van der Waals surface area contributed by atoms with Crippen molar-refractivity contribution in [3.05, 3.63) is 52.4 Å². The van der Waals surface area contributed by atoms with Gasteiger partial charge in [0.2, 0.25) is 0 Å². The molecule has 7 nitrogen and oxygen atoms in total. The lowest BCUT2D eigenvalue weighted by molar-refractivity contribution is -0.151. The number of rotatable bonds is 7. The molecule has 7 heteroatoms. The van der Waals surface area contributed by atoms with Crippen LogP contribution in [0, 0.1) is 11.8 Å². The highest BCUT2D eigenvalue weighted by Crippen LogP contribution is 2.45. The van der Waals surface area contributed by atoms with Crippen molar-refractivity contribution in [3.8, 4) is 5.75 Å². The first-order chi connectivity index (χ1) is 15.7. The molecule has 33 heavy (non-hydrogen) atoms. The monoisotopic (exact) mass is 455 g/mol. The Morgan fingerprint density at radius 1 is 1.18 bits per heavy atom. The van der Waals surface area contributed by atoms with Gasteiger partial charge in [-0.15, -0.1) is 0 Å². The largest absolute Gasteiger partial charge is 0.494 e. The van der Waals surface area contributed by atoms with Crippen molar-refractivity contribution >= 4 is 17.7 Å². The first kappa shape index (κ1) is 24.6. The van der Waals surface area contributed by atoms with Crippen molar-refractivity contribution in [3.63, 3.8) is 0 Å². The molecule has 0 saturated heterocycles. The zero-order chi connectivity index (χ0) is 24.3. The van der Waals surface area contributed by atoms with Gasteiger partial charge in [-0.25, -0.2) is 4.79 Å². The van der Waals surface area contributed by atoms with Crippen LogP contribution in [-0.2, 0) is 23.9 Å². The summed E-state index contributed by atoms with van der Waals surface area (Å²) in [5, 5.41) is 3.27. The zero-order valence-electron chi connectivity index (χ0n) is 20.2. The number of ether oxygens (including phenoxy) is 3. The molecule has 2 aliphatic rings. The number of carbonyl (C=O) groups is 3. The smallest absolute Gasteiger partial charge is 0.337 e. The van der Waals surface area contributed by atoms with Gasteiger partial charge in [0.25, 0.3) is 0 Å². The number of methoxy groups -OCH3 is 1. The molecule has 4 atom stereocenters. The lowest BCUT2D eigenvalue weighted by atomic mass is 9.69. The van der Waals surface area contributed by atoms with Gasteiger partial charge in [0.1, 0.15) is 11.7 Å². The second-order valence-electron chi connectivity index (χ2n) is 8.66. The summed E-state index contributed by atoms with van der Waals surface area (Å²) in [6, 6.07) is 7.35. The van der Waals surface area contributed by atoms with Gasteiger partial charge in [-0.05, 0) is 57.2 Å². The summed E-state index contributed by atoms with van der Waals surface area (Å²) in [6.45, 7) is 9.90. The van der Waals surface area contributed by atoms with Gasteiger partial charge in [0, 0.05) is 22.9 Å². The van der Waals surface area contributed by atoms with Crippen molar-refractivity contribution in [2.24, 2.45) is 11.8 Å². The molecular formula is C26H33NO6. The van der Waals surface area contributed by atoms with Crippen LogP contribution in [0.5, 0.6) is 5.75 Å². The fourth-order valence-corrected chi connectivity index (χ4v) is 4.54. The minimum atomic E-state index is -0.911. The highest BCUT2D eigenvalue weighted by Gasteiger charge is 2.47. The summed E-state index contributed by atoms with van der Waals surface area (Å²) in [4.78, 5) is 39.4. The molecule has 1 heterocycles. The van der Waals surface area contributed by atoms with E-state index >= 15 is 0 Å². The molecule has 0 spiro atoms. The van der Waals surface area contributed by atoms with Crippen molar-refractivity contribution in [2.75, 3.05) is 13.7 Å². The van der Waals surface area contributed by atoms with Crippen LogP contribution >= 0.6 is 0 Å². The number of esters is 2. The second-order valence-corrected chi connectivity index (χ2v) is 8.66. The van der Waals surface area contributed by atoms with Crippen molar-refractivity contribution in [2.45, 2.75) is 59.5 Å². The summed E-state index contributed by atoms with van der Waals surface area (Å²) in [6.07, 6.45) is 0.909. The molecule has 0 unspecified atom stereocenters. The van der Waals surface area contributed by atoms with Crippen LogP contribution < -0.4 is 10.1 Å². The Bertz CT molecular complexity index is 991. The summed E-state index contributed by atoms with van der Waals surface area (Å²) in [5.74, 6) is -2.43. The third-order valence-electron chi connectivity index (χ3n) is 6.37. The van der Waals surface area contributed by atoms with Crippen LogP contribution in [0.1, 0.15) is 58.9 Å². The molecule has 0 fully saturated rings. The normalized spacial score (nSPS) is 23.5. The van der Waals surface area contributed by atoms with Crippen LogP contribution in [0.25, 0.3) is 0 Å². The fourth-order valence-electron chi connectivity index (χ4n) is 4.54. The number of allylic oxidation sites excluding steroid dienone is 3. The van der Waals surface area contributed by atoms with E-state index in [-0.39, 0.29) is 17.8 Å². The van der Waals surface area contributed by atoms with E-state index in [1.54, 1.807) is 0 Å². The minimum absolute atomic E-state index is 0.224. The Balaban J connectivity index is 2.14. The van der Waals surface area contributed by atoms with Crippen LogP contribution in [0.15, 0.2) is 46.8 Å². The van der Waals surface area contributed by atoms with Crippen LogP contribution in [-0.4, -0.2) is 37.5 Å². The highest BCUT2D eigenvalue weighted by atomic mass is 16.5. The molecule has 1 aliphatic heterocycles. The maximum absolute atomic E-state index is 13.7. The van der Waals surface area contributed by atoms with E-state index in [2.05, 4.69) is 5.32 Å². The topological polar surface area (TPSA) is 90.9 Å². The molecule has 178 valence electrons. The quantitative estimate of drug-likeness (QED) is 0.490. The Morgan fingerprint density at radius 3 is 2.42 bits per heavy atom. The van der Waals surface area contributed by atoms with E-state index < -0.39 is 23.8 Å². The average Bonchev–Trinajstić information content (AvgIpc) is 2.78. The maximum atomic E-state index is 13.7. The Hall–Kier alpha value is -3.09. The predicted octanol–water partition coefficient (Wildman–Crippen LogP) is 4.04. The molecule has 0 aromatic heterocycles. The zero-order valence-corrected chi connectivity index (χ0v) is 20.2. The van der Waals surface area contributed by atoms with Crippen molar-refractivity contribution in [1.82, 2.24) is 5.32 Å². The van der Waals surface area contributed by atoms with E-state index in [0.717, 1.165) is 11.3 Å². The predicted molar refractivity (Wildman–Crippen MR) is 123 cm³/mol. The third-order valence-corrected chi connectivity index (χ3v) is 6.37. The van der Waals surface area contributed by atoms with Gasteiger partial charge in [-0.2, -0.15) is 0 Å². The number of hydrogen-bond donors (Lipinski definition) is 1. The van der Waals surface area contributed by atoms with E-state index in [1.165, 1.54) is 7.11 Å². The summed E-state index contributed by atoms with van der Waals surface area (Å²) < 4.78 is 16.2. The van der Waals surface area contributed by atoms with Gasteiger partial charge in [0.15, 0.2) is 5.78 Å². The van der Waals surface area contributed by atoms with Crippen molar-refractivity contribution in [1.29, 1.82) is 0 Å². The summed E-state index contributed by atoms with van der Waals surface area (Å²) >= 11 is 0. The molecule has 3 rings (SSSR count). The summed E-state index contributed by atoms with van der Waals surface area (Å²) in [7, 11) is 1.29. The minimum Gasteiger partial charge on any atom is -0.494 e. The second kappa shape index (κ2) is 10.2. The SMILES string of the molecule is CCOc1ccc([C@@H]2C(C(=O)O[C@H](C)CC)=C(C)NC3=C2C(=O)[C@H](C(=O)OC)[C@@H](C)C3)cc1. The lowest BCUT2D eigenvalue weighted by Crippen LogP contribution is -2.43. The Morgan fingerprint density at radius 2 is 1.85 bits per heavy atom. The Kier molecular flexibility index (Phi) is 7.61. The van der Waals surface area contributed by atoms with Crippen LogP contribution in [0.4, 0.5) is 0 Å². The van der Waals surface area contributed by atoms with Gasteiger partial charge in [0.05, 0.1) is 25.4 Å². The summed E-state index contributed by atoms with van der Waals surface area (Å²) in [5.41, 5.74) is 2.95. The highest BCUT2D eigenvalue weighted by molar-refractivity contribution is 6.12. The first-order valence-electron chi connectivity index (χ1n) is 11.5. The lowest BCUT2D eigenvalue weighted by Gasteiger charge is -2.38.